The van der Waals surface area contributed by atoms with Crippen LogP contribution >= 0.6 is 0 Å². The van der Waals surface area contributed by atoms with E-state index in [-0.39, 0.29) is 12.5 Å². The molecule has 82 valence electrons. The lowest BCUT2D eigenvalue weighted by molar-refractivity contribution is -0.116. The molecule has 1 aromatic rings. The number of nitrogens with two attached hydrogens (primary N) is 1. The minimum Gasteiger partial charge on any atom is -0.496 e. The van der Waals surface area contributed by atoms with Crippen molar-refractivity contribution < 1.29 is 9.53 Å². The molecule has 0 saturated heterocycles. The Balaban J connectivity index is 2.87. The number of aryl methyl sites for hydroxylation is 1. The van der Waals surface area contributed by atoms with Gasteiger partial charge in [0.2, 0.25) is 5.91 Å². The number of nitrogens with zero attached hydrogens (tertiary/aromatic N) is 1. The number of carbonyl (C=O) groups is 1. The van der Waals surface area contributed by atoms with Gasteiger partial charge in [-0.1, -0.05) is 0 Å². The molecule has 15 heavy (non-hydrogen) atoms. The number of hydrogen-bond acceptors (Lipinski definition) is 3. The van der Waals surface area contributed by atoms with Gasteiger partial charge in [-0.15, -0.1) is 0 Å². The van der Waals surface area contributed by atoms with Gasteiger partial charge >= 0.3 is 0 Å². The number of methoxy groups -OCH3 is 1. The highest BCUT2D eigenvalue weighted by Gasteiger charge is 2.06. The second-order valence-corrected chi connectivity index (χ2v) is 3.48. The SMILES string of the molecule is COc1ccc(N(C)CC(N)=O)cc1C. The van der Waals surface area contributed by atoms with Gasteiger partial charge in [0.1, 0.15) is 5.75 Å². The Hall–Kier alpha value is -1.71. The van der Waals surface area contributed by atoms with E-state index in [1.54, 1.807) is 12.0 Å². The average molecular weight is 208 g/mol. The standard InChI is InChI=1S/C11H16N2O2/c1-8-6-9(4-5-10(8)15-3)13(2)7-11(12)14/h4-6H,7H2,1-3H3,(H2,12,14). The van der Waals surface area contributed by atoms with Crippen LogP contribution in [0.3, 0.4) is 0 Å². The molecule has 0 fully saturated rings. The summed E-state index contributed by atoms with van der Waals surface area (Å²) in [4.78, 5) is 12.5. The molecule has 0 saturated carbocycles. The fourth-order valence-corrected chi connectivity index (χ4v) is 1.43. The van der Waals surface area contributed by atoms with Gasteiger partial charge in [0.15, 0.2) is 0 Å². The lowest BCUT2D eigenvalue weighted by atomic mass is 10.2. The maximum atomic E-state index is 10.7. The molecule has 0 aliphatic heterocycles. The van der Waals surface area contributed by atoms with Gasteiger partial charge in [0, 0.05) is 12.7 Å². The van der Waals surface area contributed by atoms with E-state index < -0.39 is 0 Å². The van der Waals surface area contributed by atoms with E-state index >= 15 is 0 Å². The van der Waals surface area contributed by atoms with Crippen molar-refractivity contribution in [3.63, 3.8) is 0 Å². The fraction of sp³-hybridized carbons (Fsp3) is 0.364. The normalized spacial score (nSPS) is 9.80. The minimum absolute atomic E-state index is 0.214. The van der Waals surface area contributed by atoms with Gasteiger partial charge in [-0.2, -0.15) is 0 Å². The van der Waals surface area contributed by atoms with E-state index in [0.717, 1.165) is 17.0 Å². The summed E-state index contributed by atoms with van der Waals surface area (Å²) in [5, 5.41) is 0. The third-order valence-corrected chi connectivity index (χ3v) is 2.21. The van der Waals surface area contributed by atoms with Crippen LogP contribution in [-0.2, 0) is 4.79 Å². The van der Waals surface area contributed by atoms with Crippen LogP contribution in [0.25, 0.3) is 0 Å². The molecular formula is C11H16N2O2. The summed E-state index contributed by atoms with van der Waals surface area (Å²) >= 11 is 0. The predicted octanol–water partition coefficient (Wildman–Crippen LogP) is 0.925. The molecule has 1 rings (SSSR count). The van der Waals surface area contributed by atoms with E-state index in [0.29, 0.717) is 0 Å². The van der Waals surface area contributed by atoms with Gasteiger partial charge < -0.3 is 15.4 Å². The summed E-state index contributed by atoms with van der Waals surface area (Å²) in [5.74, 6) is 0.497. The Bertz CT molecular complexity index is 364. The summed E-state index contributed by atoms with van der Waals surface area (Å²) < 4.78 is 5.15. The molecule has 0 bridgehead atoms. The molecule has 0 heterocycles. The third kappa shape index (κ3) is 2.87. The number of hydrogen-bond donors (Lipinski definition) is 1. The number of benzene rings is 1. The van der Waals surface area contributed by atoms with Crippen molar-refractivity contribution >= 4 is 11.6 Å². The first-order valence-electron chi connectivity index (χ1n) is 4.68. The molecule has 0 radical (unpaired) electrons. The van der Waals surface area contributed by atoms with E-state index in [4.69, 9.17) is 10.5 Å². The number of carbonyl (C=O) groups excluding carboxylic acids is 1. The lowest BCUT2D eigenvalue weighted by Gasteiger charge is -2.18. The van der Waals surface area contributed by atoms with Crippen molar-refractivity contribution in [3.8, 4) is 5.75 Å². The zero-order valence-corrected chi connectivity index (χ0v) is 9.28. The summed E-state index contributed by atoms with van der Waals surface area (Å²) in [5.41, 5.74) is 7.10. The number of rotatable bonds is 4. The Morgan fingerprint density at radius 1 is 1.53 bits per heavy atom. The van der Waals surface area contributed by atoms with Gasteiger partial charge in [0.25, 0.3) is 0 Å². The summed E-state index contributed by atoms with van der Waals surface area (Å²) in [6.45, 7) is 2.17. The zero-order valence-electron chi connectivity index (χ0n) is 9.28. The number of amides is 1. The molecule has 0 aliphatic rings. The van der Waals surface area contributed by atoms with Crippen molar-refractivity contribution in [3.05, 3.63) is 23.8 Å². The summed E-state index contributed by atoms with van der Waals surface area (Å²) in [7, 11) is 3.46. The quantitative estimate of drug-likeness (QED) is 0.800. The van der Waals surface area contributed by atoms with Crippen LogP contribution in [0.4, 0.5) is 5.69 Å². The predicted molar refractivity (Wildman–Crippen MR) is 60.2 cm³/mol. The molecule has 2 N–H and O–H groups in total. The van der Waals surface area contributed by atoms with Crippen LogP contribution < -0.4 is 15.4 Å². The zero-order chi connectivity index (χ0) is 11.4. The second-order valence-electron chi connectivity index (χ2n) is 3.48. The lowest BCUT2D eigenvalue weighted by Crippen LogP contribution is -2.30. The Morgan fingerprint density at radius 2 is 2.20 bits per heavy atom. The first-order valence-corrected chi connectivity index (χ1v) is 4.68. The van der Waals surface area contributed by atoms with Crippen molar-refractivity contribution in [2.45, 2.75) is 6.92 Å². The van der Waals surface area contributed by atoms with E-state index in [2.05, 4.69) is 0 Å². The molecule has 0 aromatic heterocycles. The van der Waals surface area contributed by atoms with Gasteiger partial charge in [-0.25, -0.2) is 0 Å². The smallest absolute Gasteiger partial charge is 0.236 e. The second kappa shape index (κ2) is 4.68. The van der Waals surface area contributed by atoms with Gasteiger partial charge in [-0.05, 0) is 30.7 Å². The van der Waals surface area contributed by atoms with Crippen LogP contribution in [0, 0.1) is 6.92 Å². The van der Waals surface area contributed by atoms with Crippen LogP contribution in [0.2, 0.25) is 0 Å². The van der Waals surface area contributed by atoms with Gasteiger partial charge in [-0.3, -0.25) is 4.79 Å². The van der Waals surface area contributed by atoms with E-state index in [1.807, 2.05) is 32.2 Å². The molecule has 0 atom stereocenters. The van der Waals surface area contributed by atoms with Crippen LogP contribution in [0.5, 0.6) is 5.75 Å². The van der Waals surface area contributed by atoms with E-state index in [9.17, 15) is 4.79 Å². The average Bonchev–Trinajstić information content (AvgIpc) is 2.16. The Kier molecular flexibility index (Phi) is 3.55. The highest BCUT2D eigenvalue weighted by atomic mass is 16.5. The molecule has 0 aliphatic carbocycles. The largest absolute Gasteiger partial charge is 0.496 e. The van der Waals surface area contributed by atoms with Gasteiger partial charge in [0.05, 0.1) is 13.7 Å². The summed E-state index contributed by atoms with van der Waals surface area (Å²) in [6.07, 6.45) is 0. The molecule has 4 heteroatoms. The fourth-order valence-electron chi connectivity index (χ4n) is 1.43. The minimum atomic E-state index is -0.342. The van der Waals surface area contributed by atoms with Crippen molar-refractivity contribution in [1.29, 1.82) is 0 Å². The topological polar surface area (TPSA) is 55.6 Å². The molecule has 1 aromatic carbocycles. The maximum Gasteiger partial charge on any atom is 0.236 e. The highest BCUT2D eigenvalue weighted by Crippen LogP contribution is 2.23. The van der Waals surface area contributed by atoms with Crippen molar-refractivity contribution in [1.82, 2.24) is 0 Å². The highest BCUT2D eigenvalue weighted by molar-refractivity contribution is 5.79. The molecule has 0 spiro atoms. The number of ether oxygens (including phenoxy) is 1. The maximum absolute atomic E-state index is 10.7. The van der Waals surface area contributed by atoms with Crippen LogP contribution in [-0.4, -0.2) is 26.6 Å². The first-order chi connectivity index (χ1) is 7.04. The van der Waals surface area contributed by atoms with Crippen LogP contribution in [0.1, 0.15) is 5.56 Å². The molecular weight excluding hydrogens is 192 g/mol. The Labute approximate surface area is 89.6 Å². The van der Waals surface area contributed by atoms with Crippen molar-refractivity contribution in [2.24, 2.45) is 5.73 Å². The van der Waals surface area contributed by atoms with E-state index in [1.165, 1.54) is 0 Å². The van der Waals surface area contributed by atoms with Crippen LogP contribution in [0.15, 0.2) is 18.2 Å². The Morgan fingerprint density at radius 3 is 2.67 bits per heavy atom. The monoisotopic (exact) mass is 208 g/mol. The number of anilines is 1. The third-order valence-electron chi connectivity index (χ3n) is 2.21. The summed E-state index contributed by atoms with van der Waals surface area (Å²) in [6, 6.07) is 5.73. The molecule has 0 unspecified atom stereocenters. The number of primary amides is 1. The number of likely N-dealkylation sites (N-methyl/N-ethyl adjacent to an activating group) is 1. The molecule has 1 amide bonds. The van der Waals surface area contributed by atoms with Crippen molar-refractivity contribution in [2.75, 3.05) is 25.6 Å². The molecule has 4 nitrogen and oxygen atoms in total. The first kappa shape index (κ1) is 11.4.